The summed E-state index contributed by atoms with van der Waals surface area (Å²) in [5, 5.41) is 22.5. The number of carbonyl (C=O) groups excluding carboxylic acids is 2. The van der Waals surface area contributed by atoms with Gasteiger partial charge in [0.15, 0.2) is 0 Å². The minimum Gasteiger partial charge on any atom is -0.456 e. The van der Waals surface area contributed by atoms with Gasteiger partial charge in [-0.15, -0.1) is 0 Å². The van der Waals surface area contributed by atoms with Crippen molar-refractivity contribution >= 4 is 11.9 Å². The molecular weight excluding hydrogens is 504 g/mol. The van der Waals surface area contributed by atoms with Gasteiger partial charge >= 0.3 is 11.9 Å². The van der Waals surface area contributed by atoms with E-state index < -0.39 is 36.4 Å². The highest BCUT2D eigenvalue weighted by molar-refractivity contribution is 5.90. The van der Waals surface area contributed by atoms with Crippen LogP contribution < -0.4 is 0 Å². The highest BCUT2D eigenvalue weighted by atomic mass is 16.6. The monoisotopic (exact) mass is 550 g/mol. The molecule has 0 saturated heterocycles. The first-order valence-electron chi connectivity index (χ1n) is 14.7. The Hall–Kier alpha value is -3.22. The van der Waals surface area contributed by atoms with E-state index in [1.165, 1.54) is 0 Å². The van der Waals surface area contributed by atoms with Gasteiger partial charge in [0.2, 0.25) is 0 Å². The Morgan fingerprint density at radius 3 is 1.35 bits per heavy atom. The van der Waals surface area contributed by atoms with Crippen molar-refractivity contribution in [1.82, 2.24) is 0 Å². The number of hydrogen-bond acceptors (Lipinski definition) is 6. The number of esters is 2. The van der Waals surface area contributed by atoms with Gasteiger partial charge < -0.3 is 19.7 Å². The Balaban J connectivity index is 2.20. The molecule has 218 valence electrons. The topological polar surface area (TPSA) is 93.1 Å². The molecule has 0 bridgehead atoms. The molecule has 40 heavy (non-hydrogen) atoms. The fourth-order valence-corrected chi connectivity index (χ4v) is 4.23. The lowest BCUT2D eigenvalue weighted by Crippen LogP contribution is -2.47. The van der Waals surface area contributed by atoms with Gasteiger partial charge in [-0.05, 0) is 49.9 Å². The van der Waals surface area contributed by atoms with Gasteiger partial charge in [-0.2, -0.15) is 0 Å². The third-order valence-corrected chi connectivity index (χ3v) is 6.67. The van der Waals surface area contributed by atoms with E-state index in [1.807, 2.05) is 24.3 Å². The predicted octanol–water partition coefficient (Wildman–Crippen LogP) is 7.21. The zero-order chi connectivity index (χ0) is 29.0. The molecule has 0 fully saturated rings. The van der Waals surface area contributed by atoms with Gasteiger partial charge in [-0.3, -0.25) is 0 Å². The van der Waals surface area contributed by atoms with Crippen molar-refractivity contribution in [2.45, 2.75) is 102 Å². The molecule has 0 heterocycles. The van der Waals surface area contributed by atoms with E-state index in [4.69, 9.17) is 9.47 Å². The smallest absolute Gasteiger partial charge is 0.338 e. The third kappa shape index (κ3) is 12.3. The molecule has 0 aliphatic rings. The molecule has 2 rings (SSSR count). The van der Waals surface area contributed by atoms with Crippen LogP contribution in [0.4, 0.5) is 0 Å². The van der Waals surface area contributed by atoms with Crippen LogP contribution in [-0.2, 0) is 9.47 Å². The van der Waals surface area contributed by atoms with E-state index >= 15 is 0 Å². The molecule has 0 aliphatic heterocycles. The molecule has 0 saturated carbocycles. The van der Waals surface area contributed by atoms with Crippen LogP contribution in [-0.4, -0.2) is 46.6 Å². The molecule has 0 amide bonds. The van der Waals surface area contributed by atoms with Crippen molar-refractivity contribution in [3.8, 4) is 0 Å². The molecule has 0 aliphatic carbocycles. The summed E-state index contributed by atoms with van der Waals surface area (Å²) in [6.07, 6.45) is 11.5. The minimum atomic E-state index is -1.48. The Morgan fingerprint density at radius 1 is 0.625 bits per heavy atom. The molecule has 0 radical (unpaired) electrons. The standard InChI is InChI=1S/C34H46O6/c1-3-5-7-9-11-19-25-29(39-33(37)27-21-15-13-16-22-27)31(35)32(36)30(26-20-12-10-8-6-4-2)40-34(38)28-23-17-14-18-24-28/h11-24,29-32,35-36H,3-10,25-26H2,1-2H3/b19-11-,20-12-/t29-,30-,31-,32+/m1/s1. The molecule has 6 nitrogen and oxygen atoms in total. The van der Waals surface area contributed by atoms with Gasteiger partial charge in [0.25, 0.3) is 0 Å². The SMILES string of the molecule is CCCCC/C=C\C[C@@H](OC(=O)c1ccccc1)[C@H](O)[C@H](O)[C@@H](C/C=C\CCCCC)OC(=O)c1ccccc1. The summed E-state index contributed by atoms with van der Waals surface area (Å²) in [7, 11) is 0. The normalized spacial score (nSPS) is 14.6. The van der Waals surface area contributed by atoms with E-state index in [0.717, 1.165) is 51.4 Å². The molecule has 4 atom stereocenters. The number of aliphatic hydroxyl groups is 2. The number of allylic oxidation sites excluding steroid dienone is 2. The van der Waals surface area contributed by atoms with E-state index in [-0.39, 0.29) is 12.8 Å². The van der Waals surface area contributed by atoms with Gasteiger partial charge in [0.1, 0.15) is 24.4 Å². The Kier molecular flexibility index (Phi) is 16.3. The molecule has 2 aromatic carbocycles. The largest absolute Gasteiger partial charge is 0.456 e. The first-order chi connectivity index (χ1) is 19.5. The quantitative estimate of drug-likeness (QED) is 0.109. The van der Waals surface area contributed by atoms with Crippen LogP contribution in [0.25, 0.3) is 0 Å². The molecule has 2 aromatic rings. The molecule has 0 unspecified atom stereocenters. The Labute approximate surface area is 239 Å². The highest BCUT2D eigenvalue weighted by Crippen LogP contribution is 2.20. The van der Waals surface area contributed by atoms with Crippen molar-refractivity contribution in [2.24, 2.45) is 0 Å². The molecule has 0 spiro atoms. The maximum absolute atomic E-state index is 12.9. The number of benzene rings is 2. The first kappa shape index (κ1) is 33.0. The van der Waals surface area contributed by atoms with Crippen LogP contribution in [0.5, 0.6) is 0 Å². The zero-order valence-corrected chi connectivity index (χ0v) is 24.0. The summed E-state index contributed by atoms with van der Waals surface area (Å²) in [6.45, 7) is 4.28. The molecule has 0 aromatic heterocycles. The number of carbonyl (C=O) groups is 2. The maximum atomic E-state index is 12.9. The van der Waals surface area contributed by atoms with Crippen molar-refractivity contribution in [3.63, 3.8) is 0 Å². The van der Waals surface area contributed by atoms with Crippen LogP contribution in [0.15, 0.2) is 85.0 Å². The van der Waals surface area contributed by atoms with Crippen LogP contribution in [0, 0.1) is 0 Å². The average molecular weight is 551 g/mol. The second kappa shape index (κ2) is 19.8. The summed E-state index contributed by atoms with van der Waals surface area (Å²) in [6, 6.07) is 17.1. The summed E-state index contributed by atoms with van der Waals surface area (Å²) >= 11 is 0. The third-order valence-electron chi connectivity index (χ3n) is 6.67. The van der Waals surface area contributed by atoms with Crippen molar-refractivity contribution in [3.05, 3.63) is 96.1 Å². The Bertz CT molecular complexity index is 934. The maximum Gasteiger partial charge on any atom is 0.338 e. The van der Waals surface area contributed by atoms with Crippen LogP contribution in [0.1, 0.15) is 98.8 Å². The van der Waals surface area contributed by atoms with Gasteiger partial charge in [-0.1, -0.05) is 100 Å². The lowest BCUT2D eigenvalue weighted by molar-refractivity contribution is -0.111. The van der Waals surface area contributed by atoms with Gasteiger partial charge in [-0.25, -0.2) is 9.59 Å². The van der Waals surface area contributed by atoms with Crippen molar-refractivity contribution in [1.29, 1.82) is 0 Å². The number of aliphatic hydroxyl groups excluding tert-OH is 2. The Morgan fingerprint density at radius 2 is 1.00 bits per heavy atom. The summed E-state index contributed by atoms with van der Waals surface area (Å²) < 4.78 is 11.4. The van der Waals surface area contributed by atoms with E-state index in [1.54, 1.807) is 60.7 Å². The second-order valence-corrected chi connectivity index (χ2v) is 10.0. The minimum absolute atomic E-state index is 0.217. The summed E-state index contributed by atoms with van der Waals surface area (Å²) in [5.74, 6) is -1.19. The van der Waals surface area contributed by atoms with Crippen LogP contribution >= 0.6 is 0 Å². The number of rotatable bonds is 19. The van der Waals surface area contributed by atoms with E-state index in [2.05, 4.69) is 13.8 Å². The fraction of sp³-hybridized carbons (Fsp3) is 0.471. The molecule has 6 heteroatoms. The van der Waals surface area contributed by atoms with Crippen LogP contribution in [0.2, 0.25) is 0 Å². The number of ether oxygens (including phenoxy) is 2. The fourth-order valence-electron chi connectivity index (χ4n) is 4.23. The van der Waals surface area contributed by atoms with E-state index in [9.17, 15) is 19.8 Å². The van der Waals surface area contributed by atoms with E-state index in [0.29, 0.717) is 11.1 Å². The average Bonchev–Trinajstić information content (AvgIpc) is 2.99. The van der Waals surface area contributed by atoms with Crippen molar-refractivity contribution in [2.75, 3.05) is 0 Å². The number of unbranched alkanes of at least 4 members (excludes halogenated alkanes) is 6. The zero-order valence-electron chi connectivity index (χ0n) is 24.0. The van der Waals surface area contributed by atoms with Crippen LogP contribution in [0.3, 0.4) is 0 Å². The summed E-state index contributed by atoms with van der Waals surface area (Å²) in [5.41, 5.74) is 0.700. The number of hydrogen-bond donors (Lipinski definition) is 2. The predicted molar refractivity (Wildman–Crippen MR) is 159 cm³/mol. The highest BCUT2D eigenvalue weighted by Gasteiger charge is 2.36. The second-order valence-electron chi connectivity index (χ2n) is 10.0. The molecular formula is C34H46O6. The van der Waals surface area contributed by atoms with Gasteiger partial charge in [0.05, 0.1) is 11.1 Å². The lowest BCUT2D eigenvalue weighted by atomic mass is 9.97. The first-order valence-corrected chi connectivity index (χ1v) is 14.7. The molecule has 2 N–H and O–H groups in total. The van der Waals surface area contributed by atoms with Gasteiger partial charge in [0, 0.05) is 12.8 Å². The summed E-state index contributed by atoms with van der Waals surface area (Å²) in [4.78, 5) is 25.7. The lowest BCUT2D eigenvalue weighted by Gasteiger charge is -2.30. The van der Waals surface area contributed by atoms with Crippen molar-refractivity contribution < 1.29 is 29.3 Å².